The summed E-state index contributed by atoms with van der Waals surface area (Å²) in [4.78, 5) is 12.5. The molecule has 0 spiro atoms. The van der Waals surface area contributed by atoms with Gasteiger partial charge in [-0.2, -0.15) is 0 Å². The number of hydrogen-bond donors (Lipinski definition) is 2. The first kappa shape index (κ1) is 20.9. The Bertz CT molecular complexity index is 851. The normalized spacial score (nSPS) is 12.6. The van der Waals surface area contributed by atoms with Crippen LogP contribution < -0.4 is 10.0 Å². The quantitative estimate of drug-likeness (QED) is 0.680. The Kier molecular flexibility index (Phi) is 7.38. The zero-order valence-corrected chi connectivity index (χ0v) is 16.6. The molecule has 0 fully saturated rings. The van der Waals surface area contributed by atoms with Crippen molar-refractivity contribution in [3.63, 3.8) is 0 Å². The number of anilines is 2. The molecule has 0 bridgehead atoms. The molecule has 0 aliphatic heterocycles. The van der Waals surface area contributed by atoms with Crippen molar-refractivity contribution in [2.45, 2.75) is 38.2 Å². The topological polar surface area (TPSA) is 84.5 Å². The van der Waals surface area contributed by atoms with Crippen molar-refractivity contribution in [3.05, 3.63) is 54.6 Å². The lowest BCUT2D eigenvalue weighted by Gasteiger charge is -2.17. The minimum absolute atomic E-state index is 0.150. The number of carbonyl (C=O) groups excluding carboxylic acids is 1. The van der Waals surface area contributed by atoms with E-state index in [1.54, 1.807) is 49.4 Å². The van der Waals surface area contributed by atoms with Crippen LogP contribution in [-0.2, 0) is 19.6 Å². The van der Waals surface area contributed by atoms with Gasteiger partial charge in [-0.15, -0.1) is 0 Å². The van der Waals surface area contributed by atoms with Crippen LogP contribution in [0.1, 0.15) is 27.2 Å². The van der Waals surface area contributed by atoms with Crippen LogP contribution in [-0.4, -0.2) is 27.0 Å². The molecule has 2 N–H and O–H groups in total. The van der Waals surface area contributed by atoms with E-state index in [9.17, 15) is 13.2 Å². The van der Waals surface area contributed by atoms with Gasteiger partial charge in [-0.3, -0.25) is 9.52 Å². The average Bonchev–Trinajstić information content (AvgIpc) is 2.63. The minimum atomic E-state index is -3.75. The molecular weight excluding hydrogens is 364 g/mol. The van der Waals surface area contributed by atoms with E-state index in [2.05, 4.69) is 23.9 Å². The van der Waals surface area contributed by atoms with Gasteiger partial charge < -0.3 is 10.1 Å². The van der Waals surface area contributed by atoms with Crippen LogP contribution in [0, 0.1) is 5.92 Å². The van der Waals surface area contributed by atoms with E-state index in [4.69, 9.17) is 4.74 Å². The SMILES string of the molecule is CC(C)CCOC(C)C(=O)Nc1ccccc1NS(=O)(=O)c1ccccc1. The number of nitrogens with one attached hydrogen (secondary N) is 2. The van der Waals surface area contributed by atoms with Gasteiger partial charge in [0.05, 0.1) is 16.3 Å². The summed E-state index contributed by atoms with van der Waals surface area (Å²) in [5, 5.41) is 2.73. The lowest BCUT2D eigenvalue weighted by atomic mass is 10.1. The summed E-state index contributed by atoms with van der Waals surface area (Å²) in [5.41, 5.74) is 0.672. The van der Waals surface area contributed by atoms with Crippen LogP contribution >= 0.6 is 0 Å². The van der Waals surface area contributed by atoms with E-state index in [-0.39, 0.29) is 10.8 Å². The maximum atomic E-state index is 12.5. The van der Waals surface area contributed by atoms with E-state index in [1.807, 2.05) is 0 Å². The molecule has 0 aliphatic carbocycles. The van der Waals surface area contributed by atoms with E-state index in [0.29, 0.717) is 23.9 Å². The first-order valence-corrected chi connectivity index (χ1v) is 10.4. The molecule has 27 heavy (non-hydrogen) atoms. The zero-order valence-electron chi connectivity index (χ0n) is 15.8. The zero-order chi connectivity index (χ0) is 19.9. The Morgan fingerprint density at radius 2 is 1.56 bits per heavy atom. The molecule has 1 unspecified atom stereocenters. The Hall–Kier alpha value is -2.38. The molecule has 2 aromatic rings. The highest BCUT2D eigenvalue weighted by atomic mass is 32.2. The van der Waals surface area contributed by atoms with E-state index in [1.165, 1.54) is 12.1 Å². The number of benzene rings is 2. The number of para-hydroxylation sites is 2. The van der Waals surface area contributed by atoms with Crippen LogP contribution in [0.3, 0.4) is 0 Å². The molecule has 0 heterocycles. The van der Waals surface area contributed by atoms with Gasteiger partial charge in [0, 0.05) is 6.61 Å². The Labute approximate surface area is 161 Å². The number of carbonyl (C=O) groups is 1. The third kappa shape index (κ3) is 6.37. The third-order valence-electron chi connectivity index (χ3n) is 3.92. The highest BCUT2D eigenvalue weighted by molar-refractivity contribution is 7.92. The van der Waals surface area contributed by atoms with Gasteiger partial charge >= 0.3 is 0 Å². The number of amides is 1. The van der Waals surface area contributed by atoms with Crippen LogP contribution in [0.4, 0.5) is 11.4 Å². The van der Waals surface area contributed by atoms with Crippen LogP contribution in [0.2, 0.25) is 0 Å². The van der Waals surface area contributed by atoms with Crippen molar-refractivity contribution >= 4 is 27.3 Å². The van der Waals surface area contributed by atoms with Gasteiger partial charge in [0.25, 0.3) is 15.9 Å². The summed E-state index contributed by atoms with van der Waals surface area (Å²) < 4.78 is 33.1. The molecule has 6 nitrogen and oxygen atoms in total. The van der Waals surface area contributed by atoms with E-state index >= 15 is 0 Å². The monoisotopic (exact) mass is 390 g/mol. The Morgan fingerprint density at radius 1 is 0.963 bits per heavy atom. The highest BCUT2D eigenvalue weighted by Crippen LogP contribution is 2.24. The fourth-order valence-corrected chi connectivity index (χ4v) is 3.38. The molecule has 0 aliphatic rings. The number of rotatable bonds is 9. The maximum absolute atomic E-state index is 12.5. The summed E-state index contributed by atoms with van der Waals surface area (Å²) in [6, 6.07) is 14.7. The van der Waals surface area contributed by atoms with Gasteiger partial charge in [-0.05, 0) is 43.5 Å². The molecule has 1 atom stereocenters. The lowest BCUT2D eigenvalue weighted by Crippen LogP contribution is -2.28. The molecule has 146 valence electrons. The van der Waals surface area contributed by atoms with Gasteiger partial charge in [-0.25, -0.2) is 8.42 Å². The van der Waals surface area contributed by atoms with Crippen molar-refractivity contribution in [1.82, 2.24) is 0 Å². The first-order chi connectivity index (χ1) is 12.8. The van der Waals surface area contributed by atoms with Crippen molar-refractivity contribution in [1.29, 1.82) is 0 Å². The second kappa shape index (κ2) is 9.53. The number of hydrogen-bond acceptors (Lipinski definition) is 4. The lowest BCUT2D eigenvalue weighted by molar-refractivity contribution is -0.126. The molecule has 0 saturated heterocycles. The third-order valence-corrected chi connectivity index (χ3v) is 5.30. The standard InChI is InChI=1S/C20H26N2O4S/c1-15(2)13-14-26-16(3)20(23)21-18-11-7-8-12-19(18)22-27(24,25)17-9-5-4-6-10-17/h4-12,15-16,22H,13-14H2,1-3H3,(H,21,23). The predicted molar refractivity (Wildman–Crippen MR) is 107 cm³/mol. The summed E-state index contributed by atoms with van der Waals surface area (Å²) >= 11 is 0. The van der Waals surface area contributed by atoms with Gasteiger partial charge in [0.15, 0.2) is 0 Å². The molecule has 2 rings (SSSR count). The van der Waals surface area contributed by atoms with E-state index < -0.39 is 16.1 Å². The maximum Gasteiger partial charge on any atom is 0.261 e. The molecule has 7 heteroatoms. The smallest absolute Gasteiger partial charge is 0.261 e. The molecule has 1 amide bonds. The van der Waals surface area contributed by atoms with Crippen LogP contribution in [0.25, 0.3) is 0 Å². The predicted octanol–water partition coefficient (Wildman–Crippen LogP) is 3.88. The van der Waals surface area contributed by atoms with Crippen molar-refractivity contribution in [2.75, 3.05) is 16.6 Å². The van der Waals surface area contributed by atoms with Gasteiger partial charge in [0.2, 0.25) is 0 Å². The molecule has 0 radical (unpaired) electrons. The first-order valence-electron chi connectivity index (χ1n) is 8.89. The Morgan fingerprint density at radius 3 is 2.19 bits per heavy atom. The van der Waals surface area contributed by atoms with Crippen LogP contribution in [0.5, 0.6) is 0 Å². The van der Waals surface area contributed by atoms with Gasteiger partial charge in [-0.1, -0.05) is 44.2 Å². The largest absolute Gasteiger partial charge is 0.369 e. The molecule has 0 saturated carbocycles. The fraction of sp³-hybridized carbons (Fsp3) is 0.350. The van der Waals surface area contributed by atoms with Crippen molar-refractivity contribution in [3.8, 4) is 0 Å². The second-order valence-electron chi connectivity index (χ2n) is 6.65. The van der Waals surface area contributed by atoms with Gasteiger partial charge in [0.1, 0.15) is 6.10 Å². The van der Waals surface area contributed by atoms with Crippen LogP contribution in [0.15, 0.2) is 59.5 Å². The van der Waals surface area contributed by atoms with Crippen molar-refractivity contribution < 1.29 is 17.9 Å². The summed E-state index contributed by atoms with van der Waals surface area (Å²) in [7, 11) is -3.75. The molecule has 2 aromatic carbocycles. The summed E-state index contributed by atoms with van der Waals surface area (Å²) in [6.45, 7) is 6.34. The number of ether oxygens (including phenoxy) is 1. The second-order valence-corrected chi connectivity index (χ2v) is 8.33. The molecular formula is C20H26N2O4S. The van der Waals surface area contributed by atoms with Crippen molar-refractivity contribution in [2.24, 2.45) is 5.92 Å². The Balaban J connectivity index is 2.08. The average molecular weight is 391 g/mol. The fourth-order valence-electron chi connectivity index (χ4n) is 2.28. The highest BCUT2D eigenvalue weighted by Gasteiger charge is 2.18. The molecule has 0 aromatic heterocycles. The number of sulfonamides is 1. The minimum Gasteiger partial charge on any atom is -0.369 e. The summed E-state index contributed by atoms with van der Waals surface area (Å²) in [6.07, 6.45) is 0.230. The summed E-state index contributed by atoms with van der Waals surface area (Å²) in [5.74, 6) is 0.165. The van der Waals surface area contributed by atoms with E-state index in [0.717, 1.165) is 6.42 Å².